The van der Waals surface area contributed by atoms with Crippen LogP contribution in [0.1, 0.15) is 90.4 Å². The predicted molar refractivity (Wildman–Crippen MR) is 82.7 cm³/mol. The second-order valence-corrected chi connectivity index (χ2v) is 7.24. The van der Waals surface area contributed by atoms with Crippen molar-refractivity contribution < 1.29 is 9.90 Å². The maximum absolute atomic E-state index is 12.0. The van der Waals surface area contributed by atoms with E-state index < -0.39 is 5.97 Å². The van der Waals surface area contributed by atoms with Gasteiger partial charge in [-0.25, -0.2) is 0 Å². The lowest BCUT2D eigenvalue weighted by molar-refractivity contribution is -0.156. The average Bonchev–Trinajstić information content (AvgIpc) is 2.75. The lowest BCUT2D eigenvalue weighted by Crippen LogP contribution is -2.42. The summed E-state index contributed by atoms with van der Waals surface area (Å²) in [5.74, 6) is 0.765. The van der Waals surface area contributed by atoms with Crippen LogP contribution in [-0.2, 0) is 4.79 Å². The van der Waals surface area contributed by atoms with E-state index in [9.17, 15) is 9.90 Å². The van der Waals surface area contributed by atoms with Gasteiger partial charge in [0.1, 0.15) is 0 Å². The Hall–Kier alpha value is -0.530. The number of carboxylic acid groups (broad SMARTS) is 1. The summed E-state index contributed by atoms with van der Waals surface area (Å²) < 4.78 is 0. The Bertz CT molecular complexity index is 295. The molecule has 2 saturated carbocycles. The van der Waals surface area contributed by atoms with E-state index in [0.29, 0.717) is 5.92 Å². The fourth-order valence-corrected chi connectivity index (χ4v) is 4.60. The van der Waals surface area contributed by atoms with Crippen LogP contribution in [0.3, 0.4) is 0 Å². The monoisotopic (exact) mass is 280 g/mol. The van der Waals surface area contributed by atoms with Gasteiger partial charge in [0, 0.05) is 0 Å². The van der Waals surface area contributed by atoms with E-state index in [0.717, 1.165) is 44.4 Å². The zero-order valence-electron chi connectivity index (χ0n) is 13.2. The van der Waals surface area contributed by atoms with Crippen LogP contribution in [0.4, 0.5) is 0 Å². The summed E-state index contributed by atoms with van der Waals surface area (Å²) in [5, 5.41) is 9.90. The summed E-state index contributed by atoms with van der Waals surface area (Å²) in [4.78, 5) is 12.0. The van der Waals surface area contributed by atoms with Crippen molar-refractivity contribution in [3.8, 4) is 0 Å². The third kappa shape index (κ3) is 3.56. The zero-order chi connectivity index (χ0) is 14.4. The maximum Gasteiger partial charge on any atom is 0.309 e. The van der Waals surface area contributed by atoms with Crippen molar-refractivity contribution in [2.24, 2.45) is 17.3 Å². The normalized spacial score (nSPS) is 32.8. The van der Waals surface area contributed by atoms with E-state index in [-0.39, 0.29) is 5.41 Å². The Morgan fingerprint density at radius 2 is 1.65 bits per heavy atom. The van der Waals surface area contributed by atoms with Crippen molar-refractivity contribution >= 4 is 5.97 Å². The predicted octanol–water partition coefficient (Wildman–Crippen LogP) is 5.41. The molecule has 2 aliphatic rings. The van der Waals surface area contributed by atoms with Crippen LogP contribution in [0.5, 0.6) is 0 Å². The highest BCUT2D eigenvalue weighted by Gasteiger charge is 2.47. The Morgan fingerprint density at radius 3 is 2.15 bits per heavy atom. The molecule has 0 heterocycles. The summed E-state index contributed by atoms with van der Waals surface area (Å²) in [6, 6.07) is 0. The third-order valence-electron chi connectivity index (χ3n) is 6.03. The minimum absolute atomic E-state index is 0.368. The lowest BCUT2D eigenvalue weighted by atomic mass is 9.61. The topological polar surface area (TPSA) is 37.3 Å². The van der Waals surface area contributed by atoms with Gasteiger partial charge in [0.2, 0.25) is 0 Å². The van der Waals surface area contributed by atoms with Crippen molar-refractivity contribution in [3.63, 3.8) is 0 Å². The van der Waals surface area contributed by atoms with Gasteiger partial charge in [-0.1, -0.05) is 51.9 Å². The molecule has 0 amide bonds. The van der Waals surface area contributed by atoms with Crippen molar-refractivity contribution in [3.05, 3.63) is 0 Å². The summed E-state index contributed by atoms with van der Waals surface area (Å²) in [6.45, 7) is 2.25. The largest absolute Gasteiger partial charge is 0.481 e. The van der Waals surface area contributed by atoms with Crippen molar-refractivity contribution in [2.75, 3.05) is 0 Å². The van der Waals surface area contributed by atoms with Gasteiger partial charge in [-0.15, -0.1) is 0 Å². The van der Waals surface area contributed by atoms with E-state index in [2.05, 4.69) is 6.92 Å². The van der Waals surface area contributed by atoms with Gasteiger partial charge in [-0.2, -0.15) is 0 Å². The highest BCUT2D eigenvalue weighted by Crippen LogP contribution is 2.50. The maximum atomic E-state index is 12.0. The Balaban J connectivity index is 1.99. The summed E-state index contributed by atoms with van der Waals surface area (Å²) in [6.07, 6.45) is 15.5. The van der Waals surface area contributed by atoms with Crippen LogP contribution in [0.15, 0.2) is 0 Å². The fraction of sp³-hybridized carbons (Fsp3) is 0.944. The molecule has 0 bridgehead atoms. The molecule has 0 aliphatic heterocycles. The molecule has 0 aromatic rings. The van der Waals surface area contributed by atoms with E-state index in [1.165, 1.54) is 44.9 Å². The van der Waals surface area contributed by atoms with E-state index in [4.69, 9.17) is 0 Å². The summed E-state index contributed by atoms with van der Waals surface area (Å²) in [7, 11) is 0. The van der Waals surface area contributed by atoms with Crippen LogP contribution in [0.25, 0.3) is 0 Å². The molecule has 2 rings (SSSR count). The van der Waals surface area contributed by atoms with Crippen molar-refractivity contribution in [2.45, 2.75) is 90.4 Å². The Labute approximate surface area is 124 Å². The molecule has 0 saturated heterocycles. The number of hydrogen-bond donors (Lipinski definition) is 1. The third-order valence-corrected chi connectivity index (χ3v) is 6.03. The number of unbranched alkanes of at least 4 members (excludes halogenated alkanes) is 1. The smallest absolute Gasteiger partial charge is 0.309 e. The number of carbonyl (C=O) groups is 1. The SMILES string of the molecule is CCCCC1CCC(C(=O)O)(C2CCCCCC2)CC1. The first-order valence-corrected chi connectivity index (χ1v) is 8.92. The molecule has 116 valence electrons. The van der Waals surface area contributed by atoms with E-state index >= 15 is 0 Å². The van der Waals surface area contributed by atoms with Crippen molar-refractivity contribution in [1.82, 2.24) is 0 Å². The number of aliphatic carboxylic acids is 1. The molecule has 0 atom stereocenters. The quantitative estimate of drug-likeness (QED) is 0.684. The van der Waals surface area contributed by atoms with E-state index in [1.807, 2.05) is 0 Å². The van der Waals surface area contributed by atoms with Crippen LogP contribution in [-0.4, -0.2) is 11.1 Å². The molecule has 2 heteroatoms. The molecule has 20 heavy (non-hydrogen) atoms. The van der Waals surface area contributed by atoms with Crippen LogP contribution < -0.4 is 0 Å². The second kappa shape index (κ2) is 7.47. The number of hydrogen-bond acceptors (Lipinski definition) is 1. The van der Waals surface area contributed by atoms with Gasteiger partial charge in [0.25, 0.3) is 0 Å². The second-order valence-electron chi connectivity index (χ2n) is 7.24. The molecular weight excluding hydrogens is 248 g/mol. The van der Waals surface area contributed by atoms with Crippen LogP contribution >= 0.6 is 0 Å². The summed E-state index contributed by atoms with van der Waals surface area (Å²) in [5.41, 5.74) is -0.368. The van der Waals surface area contributed by atoms with Crippen molar-refractivity contribution in [1.29, 1.82) is 0 Å². The summed E-state index contributed by atoms with van der Waals surface area (Å²) >= 11 is 0. The molecule has 0 spiro atoms. The van der Waals surface area contributed by atoms with Crippen LogP contribution in [0, 0.1) is 17.3 Å². The number of carboxylic acids is 1. The molecule has 0 radical (unpaired) electrons. The molecule has 2 nitrogen and oxygen atoms in total. The van der Waals surface area contributed by atoms with Gasteiger partial charge in [0.15, 0.2) is 0 Å². The molecule has 2 aliphatic carbocycles. The van der Waals surface area contributed by atoms with E-state index in [1.54, 1.807) is 0 Å². The Kier molecular flexibility index (Phi) is 5.92. The van der Waals surface area contributed by atoms with Gasteiger partial charge >= 0.3 is 5.97 Å². The van der Waals surface area contributed by atoms with Gasteiger partial charge in [0.05, 0.1) is 5.41 Å². The average molecular weight is 280 g/mol. The number of rotatable bonds is 5. The first kappa shape index (κ1) is 15.9. The first-order chi connectivity index (χ1) is 9.69. The molecule has 0 unspecified atom stereocenters. The van der Waals surface area contributed by atoms with Gasteiger partial charge < -0.3 is 5.11 Å². The molecule has 0 aromatic carbocycles. The highest BCUT2D eigenvalue weighted by molar-refractivity contribution is 5.75. The first-order valence-electron chi connectivity index (χ1n) is 8.92. The fourth-order valence-electron chi connectivity index (χ4n) is 4.60. The Morgan fingerprint density at radius 1 is 1.05 bits per heavy atom. The molecular formula is C18H32O2. The molecule has 0 aromatic heterocycles. The minimum Gasteiger partial charge on any atom is -0.481 e. The highest BCUT2D eigenvalue weighted by atomic mass is 16.4. The standard InChI is InChI=1S/C18H32O2/c1-2-3-8-15-11-13-18(14-12-15,17(19)20)16-9-6-4-5-7-10-16/h15-16H,2-14H2,1H3,(H,19,20). The van der Waals surface area contributed by atoms with Crippen LogP contribution in [0.2, 0.25) is 0 Å². The lowest BCUT2D eigenvalue weighted by Gasteiger charge is -2.42. The zero-order valence-corrected chi connectivity index (χ0v) is 13.2. The molecule has 1 N–H and O–H groups in total. The van der Waals surface area contributed by atoms with Gasteiger partial charge in [-0.05, 0) is 50.4 Å². The van der Waals surface area contributed by atoms with Gasteiger partial charge in [-0.3, -0.25) is 4.79 Å². The minimum atomic E-state index is -0.488. The molecule has 2 fully saturated rings.